The summed E-state index contributed by atoms with van der Waals surface area (Å²) < 4.78 is 0.952. The van der Waals surface area contributed by atoms with E-state index in [1.54, 1.807) is 6.20 Å². The fourth-order valence-corrected chi connectivity index (χ4v) is 5.37. The van der Waals surface area contributed by atoms with E-state index in [2.05, 4.69) is 26.2 Å². The van der Waals surface area contributed by atoms with Crippen molar-refractivity contribution in [3.63, 3.8) is 0 Å². The number of nitrogens with one attached hydrogen (secondary N) is 1. The molecule has 0 saturated heterocycles. The zero-order valence-electron chi connectivity index (χ0n) is 11.4. The number of hydrogen-bond acceptors (Lipinski definition) is 2. The number of rotatable bonds is 2. The van der Waals surface area contributed by atoms with Gasteiger partial charge in [-0.15, -0.1) is 0 Å². The van der Waals surface area contributed by atoms with Crippen LogP contribution in [0.1, 0.15) is 32.1 Å². The first-order chi connectivity index (χ1) is 9.69. The van der Waals surface area contributed by atoms with Crippen LogP contribution in [0.5, 0.6) is 0 Å². The lowest BCUT2D eigenvalue weighted by molar-refractivity contribution is -0.132. The van der Waals surface area contributed by atoms with Gasteiger partial charge >= 0.3 is 0 Å². The van der Waals surface area contributed by atoms with Gasteiger partial charge in [0.05, 0.1) is 0 Å². The van der Waals surface area contributed by atoms with Crippen LogP contribution in [0.3, 0.4) is 0 Å². The van der Waals surface area contributed by atoms with Crippen LogP contribution in [0.25, 0.3) is 0 Å². The summed E-state index contributed by atoms with van der Waals surface area (Å²) in [5.74, 6) is 4.15. The van der Waals surface area contributed by atoms with E-state index in [4.69, 9.17) is 0 Å². The van der Waals surface area contributed by atoms with Gasteiger partial charge in [0.1, 0.15) is 5.82 Å². The van der Waals surface area contributed by atoms with Crippen LogP contribution in [0.2, 0.25) is 0 Å². The fraction of sp³-hybridized carbons (Fsp3) is 0.625. The Morgan fingerprint density at radius 1 is 1.15 bits per heavy atom. The summed E-state index contributed by atoms with van der Waals surface area (Å²) in [7, 11) is 0. The molecular weight excluding hydrogens is 316 g/mol. The Bertz CT molecular complexity index is 517. The number of amides is 1. The van der Waals surface area contributed by atoms with E-state index in [1.165, 1.54) is 32.1 Å². The Hall–Kier alpha value is -0.900. The fourth-order valence-electron chi connectivity index (χ4n) is 5.04. The van der Waals surface area contributed by atoms with Gasteiger partial charge in [0.15, 0.2) is 0 Å². The standard InChI is InChI=1S/C16H19BrN2O/c17-13-1-2-18-14(8-13)19-16(20)15-11-4-9-3-10(6-11)7-12(15)5-9/h1-2,8-12,15H,3-7H2,(H,18,19,20). The number of pyridine rings is 1. The molecule has 0 atom stereocenters. The molecular formula is C16H19BrN2O. The minimum absolute atomic E-state index is 0.199. The zero-order valence-corrected chi connectivity index (χ0v) is 13.0. The molecule has 4 saturated carbocycles. The number of carbonyl (C=O) groups is 1. The highest BCUT2D eigenvalue weighted by Gasteiger charge is 2.50. The summed E-state index contributed by atoms with van der Waals surface area (Å²) in [5, 5.41) is 3.03. The van der Waals surface area contributed by atoms with E-state index < -0.39 is 0 Å². The van der Waals surface area contributed by atoms with Crippen molar-refractivity contribution in [1.29, 1.82) is 0 Å². The monoisotopic (exact) mass is 334 g/mol. The van der Waals surface area contributed by atoms with Crippen LogP contribution in [-0.2, 0) is 4.79 Å². The summed E-state index contributed by atoms with van der Waals surface area (Å²) in [5.41, 5.74) is 0. The Morgan fingerprint density at radius 3 is 2.40 bits per heavy atom. The van der Waals surface area contributed by atoms with Crippen molar-refractivity contribution in [2.24, 2.45) is 29.6 Å². The molecule has 0 unspecified atom stereocenters. The topological polar surface area (TPSA) is 42.0 Å². The molecule has 4 heteroatoms. The SMILES string of the molecule is O=C(Nc1cc(Br)ccn1)C1C2CC3CC(C2)CC1C3. The summed E-state index contributed by atoms with van der Waals surface area (Å²) in [6.07, 6.45) is 8.24. The van der Waals surface area contributed by atoms with Gasteiger partial charge in [-0.1, -0.05) is 15.9 Å². The number of halogens is 1. The smallest absolute Gasteiger partial charge is 0.229 e. The normalized spacial score (nSPS) is 38.0. The van der Waals surface area contributed by atoms with Crippen LogP contribution in [0.4, 0.5) is 5.82 Å². The van der Waals surface area contributed by atoms with Crippen LogP contribution >= 0.6 is 15.9 Å². The molecule has 4 fully saturated rings. The molecule has 0 radical (unpaired) electrons. The third kappa shape index (κ3) is 2.18. The average molecular weight is 335 g/mol. The lowest BCUT2D eigenvalue weighted by Gasteiger charge is -2.53. The Balaban J connectivity index is 1.51. The lowest BCUT2D eigenvalue weighted by Crippen LogP contribution is -2.49. The van der Waals surface area contributed by atoms with Crippen molar-refractivity contribution < 1.29 is 4.79 Å². The van der Waals surface area contributed by atoms with Crippen molar-refractivity contribution in [2.45, 2.75) is 32.1 Å². The van der Waals surface area contributed by atoms with Crippen LogP contribution in [0, 0.1) is 29.6 Å². The van der Waals surface area contributed by atoms with E-state index >= 15 is 0 Å². The molecule has 1 aromatic heterocycles. The maximum Gasteiger partial charge on any atom is 0.229 e. The van der Waals surface area contributed by atoms with E-state index in [0.717, 1.165) is 16.3 Å². The molecule has 0 spiro atoms. The molecule has 3 nitrogen and oxygen atoms in total. The van der Waals surface area contributed by atoms with Gasteiger partial charge in [-0.05, 0) is 67.9 Å². The molecule has 1 heterocycles. The number of nitrogens with zero attached hydrogens (tertiary/aromatic N) is 1. The quantitative estimate of drug-likeness (QED) is 0.892. The van der Waals surface area contributed by atoms with Crippen LogP contribution in [0.15, 0.2) is 22.8 Å². The van der Waals surface area contributed by atoms with Crippen molar-refractivity contribution in [3.8, 4) is 0 Å². The molecule has 5 rings (SSSR count). The Morgan fingerprint density at radius 2 is 1.80 bits per heavy atom. The van der Waals surface area contributed by atoms with Crippen LogP contribution in [-0.4, -0.2) is 10.9 Å². The maximum atomic E-state index is 12.6. The van der Waals surface area contributed by atoms with Gasteiger partial charge in [-0.3, -0.25) is 4.79 Å². The Labute approximate surface area is 127 Å². The Kier molecular flexibility index (Phi) is 3.09. The molecule has 0 aromatic carbocycles. The highest BCUT2D eigenvalue weighted by Crippen LogP contribution is 2.56. The first-order valence-corrected chi connectivity index (χ1v) is 8.41. The predicted octanol–water partition coefficient (Wildman–Crippen LogP) is 3.85. The van der Waals surface area contributed by atoms with E-state index in [-0.39, 0.29) is 11.8 Å². The second-order valence-electron chi connectivity index (χ2n) is 6.81. The largest absolute Gasteiger partial charge is 0.310 e. The van der Waals surface area contributed by atoms with Gasteiger partial charge in [0.25, 0.3) is 0 Å². The van der Waals surface area contributed by atoms with E-state index in [1.807, 2.05) is 12.1 Å². The molecule has 1 aromatic rings. The number of carbonyl (C=O) groups excluding carboxylic acids is 1. The van der Waals surface area contributed by atoms with Crippen molar-refractivity contribution in [1.82, 2.24) is 4.98 Å². The lowest BCUT2D eigenvalue weighted by atomic mass is 9.51. The van der Waals surface area contributed by atoms with E-state index in [0.29, 0.717) is 17.7 Å². The molecule has 20 heavy (non-hydrogen) atoms. The minimum Gasteiger partial charge on any atom is -0.310 e. The highest BCUT2D eigenvalue weighted by molar-refractivity contribution is 9.10. The van der Waals surface area contributed by atoms with Crippen LogP contribution < -0.4 is 5.32 Å². The summed E-state index contributed by atoms with van der Waals surface area (Å²) in [4.78, 5) is 16.9. The first-order valence-electron chi connectivity index (χ1n) is 7.61. The van der Waals surface area contributed by atoms with Gasteiger partial charge in [-0.25, -0.2) is 4.98 Å². The van der Waals surface area contributed by atoms with Crippen molar-refractivity contribution >= 4 is 27.7 Å². The van der Waals surface area contributed by atoms with Gasteiger partial charge in [-0.2, -0.15) is 0 Å². The molecule has 1 N–H and O–H groups in total. The van der Waals surface area contributed by atoms with Gasteiger partial charge < -0.3 is 5.32 Å². The number of anilines is 1. The maximum absolute atomic E-state index is 12.6. The van der Waals surface area contributed by atoms with Gasteiger partial charge in [0, 0.05) is 16.6 Å². The highest BCUT2D eigenvalue weighted by atomic mass is 79.9. The predicted molar refractivity (Wildman–Crippen MR) is 81.1 cm³/mol. The summed E-state index contributed by atoms with van der Waals surface area (Å²) in [6.45, 7) is 0. The minimum atomic E-state index is 0.199. The number of hydrogen-bond donors (Lipinski definition) is 1. The first kappa shape index (κ1) is 12.8. The molecule has 4 bridgehead atoms. The van der Waals surface area contributed by atoms with E-state index in [9.17, 15) is 4.79 Å². The van der Waals surface area contributed by atoms with Gasteiger partial charge in [0.2, 0.25) is 5.91 Å². The molecule has 4 aliphatic rings. The molecule has 0 aliphatic heterocycles. The molecule has 106 valence electrons. The third-order valence-corrected chi connectivity index (χ3v) is 6.00. The number of aromatic nitrogens is 1. The second-order valence-corrected chi connectivity index (χ2v) is 7.72. The molecule has 4 aliphatic carbocycles. The summed E-state index contributed by atoms with van der Waals surface area (Å²) in [6, 6.07) is 3.74. The molecule has 1 amide bonds. The summed E-state index contributed by atoms with van der Waals surface area (Å²) >= 11 is 3.42. The zero-order chi connectivity index (χ0) is 13.7. The third-order valence-electron chi connectivity index (χ3n) is 5.50. The average Bonchev–Trinajstić information content (AvgIpc) is 2.37. The second kappa shape index (κ2) is 4.83. The van der Waals surface area contributed by atoms with Crippen molar-refractivity contribution in [3.05, 3.63) is 22.8 Å². The van der Waals surface area contributed by atoms with Crippen molar-refractivity contribution in [2.75, 3.05) is 5.32 Å².